The van der Waals surface area contributed by atoms with Gasteiger partial charge in [-0.3, -0.25) is 4.79 Å². The Morgan fingerprint density at radius 3 is 2.47 bits per heavy atom. The Hall–Kier alpha value is -0.540. The first-order chi connectivity index (χ1) is 9.04. The fourth-order valence-electron chi connectivity index (χ4n) is 2.22. The van der Waals surface area contributed by atoms with Crippen LogP contribution in [0.2, 0.25) is 0 Å². The molecule has 0 fully saturated rings. The summed E-state index contributed by atoms with van der Waals surface area (Å²) in [6.07, 6.45) is 1.89. The number of nitrogens with zero attached hydrogens (tertiary/aromatic N) is 1. The Kier molecular flexibility index (Phi) is 6.87. The zero-order valence-corrected chi connectivity index (χ0v) is 14.1. The van der Waals surface area contributed by atoms with Gasteiger partial charge in [-0.2, -0.15) is 0 Å². The van der Waals surface area contributed by atoms with Crippen LogP contribution in [-0.4, -0.2) is 29.3 Å². The van der Waals surface area contributed by atoms with Crippen molar-refractivity contribution in [2.75, 3.05) is 12.4 Å². The summed E-state index contributed by atoms with van der Waals surface area (Å²) in [5, 5.41) is 0. The minimum atomic E-state index is 0.0567. The van der Waals surface area contributed by atoms with E-state index in [1.54, 1.807) is 0 Å². The molecule has 0 aliphatic rings. The molecular weight excluding hydrogens is 326 g/mol. The zero-order valence-electron chi connectivity index (χ0n) is 11.7. The van der Waals surface area contributed by atoms with Crippen LogP contribution in [0, 0.1) is 6.92 Å². The van der Waals surface area contributed by atoms with Gasteiger partial charge in [-0.1, -0.05) is 19.9 Å². The molecule has 0 bridgehead atoms. The lowest BCUT2D eigenvalue weighted by molar-refractivity contribution is 0.0680. The normalized spacial score (nSPS) is 10.8. The van der Waals surface area contributed by atoms with Crippen LogP contribution in [0.4, 0.5) is 0 Å². The molecule has 1 rings (SSSR count). The molecule has 0 aliphatic carbocycles. The molecule has 0 saturated carbocycles. The fourth-order valence-corrected chi connectivity index (χ4v) is 3.06. The minimum Gasteiger partial charge on any atom is -0.334 e. The van der Waals surface area contributed by atoms with Crippen LogP contribution in [0.5, 0.6) is 0 Å². The van der Waals surface area contributed by atoms with Gasteiger partial charge in [0.15, 0.2) is 0 Å². The van der Waals surface area contributed by atoms with Gasteiger partial charge in [0.25, 0.3) is 5.91 Å². The smallest absolute Gasteiger partial charge is 0.255 e. The van der Waals surface area contributed by atoms with Gasteiger partial charge in [0, 0.05) is 22.9 Å². The maximum Gasteiger partial charge on any atom is 0.255 e. The van der Waals surface area contributed by atoms with Crippen LogP contribution in [0.25, 0.3) is 0 Å². The Labute approximate surface area is 129 Å². The summed E-state index contributed by atoms with van der Waals surface area (Å²) in [6.45, 7) is 6.81. The third-order valence-electron chi connectivity index (χ3n) is 3.32. The highest BCUT2D eigenvalue weighted by atomic mass is 79.9. The van der Waals surface area contributed by atoms with Gasteiger partial charge in [-0.05, 0) is 53.4 Å². The van der Waals surface area contributed by atoms with Crippen LogP contribution < -0.4 is 0 Å². The monoisotopic (exact) mass is 345 g/mol. The van der Waals surface area contributed by atoms with Crippen LogP contribution in [0.1, 0.15) is 42.6 Å². The highest BCUT2D eigenvalue weighted by molar-refractivity contribution is 9.10. The van der Waals surface area contributed by atoms with Crippen LogP contribution >= 0.6 is 27.5 Å². The van der Waals surface area contributed by atoms with E-state index in [-0.39, 0.29) is 11.9 Å². The van der Waals surface area contributed by atoms with E-state index in [9.17, 15) is 4.79 Å². The summed E-state index contributed by atoms with van der Waals surface area (Å²) >= 11 is 9.32. The summed E-state index contributed by atoms with van der Waals surface area (Å²) in [5.74, 6) is 0.521. The van der Waals surface area contributed by atoms with Crippen molar-refractivity contribution in [2.45, 2.75) is 39.7 Å². The zero-order chi connectivity index (χ0) is 14.4. The molecule has 1 amide bonds. The molecule has 0 unspecified atom stereocenters. The Balaban J connectivity index is 3.04. The lowest BCUT2D eigenvalue weighted by Crippen LogP contribution is -2.41. The first-order valence-electron chi connectivity index (χ1n) is 6.68. The first-order valence-corrected chi connectivity index (χ1v) is 8.00. The number of hydrogen-bond acceptors (Lipinski definition) is 1. The molecule has 1 aromatic rings. The van der Waals surface area contributed by atoms with E-state index in [1.165, 1.54) is 0 Å². The lowest BCUT2D eigenvalue weighted by atomic mass is 10.1. The van der Waals surface area contributed by atoms with Crippen molar-refractivity contribution in [1.29, 1.82) is 0 Å². The first kappa shape index (κ1) is 16.5. The van der Waals surface area contributed by atoms with Crippen molar-refractivity contribution in [2.24, 2.45) is 0 Å². The average molecular weight is 347 g/mol. The van der Waals surface area contributed by atoms with Gasteiger partial charge in [-0.15, -0.1) is 11.6 Å². The van der Waals surface area contributed by atoms with Crippen LogP contribution in [0.15, 0.2) is 22.7 Å². The van der Waals surface area contributed by atoms with Gasteiger partial charge in [0.1, 0.15) is 0 Å². The molecule has 0 aliphatic heterocycles. The molecule has 0 aromatic heterocycles. The molecule has 2 nitrogen and oxygen atoms in total. The predicted molar refractivity (Wildman–Crippen MR) is 85.0 cm³/mol. The highest BCUT2D eigenvalue weighted by Gasteiger charge is 2.23. The average Bonchev–Trinajstić information content (AvgIpc) is 2.38. The largest absolute Gasteiger partial charge is 0.334 e. The summed E-state index contributed by atoms with van der Waals surface area (Å²) in [6, 6.07) is 6.06. The van der Waals surface area contributed by atoms with Gasteiger partial charge in [0.2, 0.25) is 0 Å². The van der Waals surface area contributed by atoms with Gasteiger partial charge in [-0.25, -0.2) is 0 Å². The van der Waals surface area contributed by atoms with Crippen molar-refractivity contribution in [1.82, 2.24) is 4.90 Å². The fraction of sp³-hybridized carbons (Fsp3) is 0.533. The number of carbonyl (C=O) groups is 1. The number of carbonyl (C=O) groups excluding carboxylic acids is 1. The Morgan fingerprint density at radius 1 is 1.37 bits per heavy atom. The van der Waals surface area contributed by atoms with E-state index in [0.717, 1.165) is 22.9 Å². The number of benzene rings is 1. The molecular formula is C15H21BrClNO. The third kappa shape index (κ3) is 4.22. The number of hydrogen-bond donors (Lipinski definition) is 0. The quantitative estimate of drug-likeness (QED) is 0.688. The predicted octanol–water partition coefficient (Wildman–Crippen LogP) is 4.63. The van der Waals surface area contributed by atoms with E-state index in [0.29, 0.717) is 18.0 Å². The van der Waals surface area contributed by atoms with Crippen molar-refractivity contribution >= 4 is 33.4 Å². The second kappa shape index (κ2) is 7.91. The molecule has 0 spiro atoms. The lowest BCUT2D eigenvalue weighted by Gasteiger charge is -2.30. The molecule has 0 N–H and O–H groups in total. The van der Waals surface area contributed by atoms with E-state index < -0.39 is 0 Å². The van der Waals surface area contributed by atoms with Gasteiger partial charge < -0.3 is 4.90 Å². The van der Waals surface area contributed by atoms with Crippen molar-refractivity contribution in [3.05, 3.63) is 33.8 Å². The second-order valence-corrected chi connectivity index (χ2v) is 5.87. The number of alkyl halides is 1. The number of halogens is 2. The van der Waals surface area contributed by atoms with E-state index in [1.807, 2.05) is 30.0 Å². The summed E-state index contributed by atoms with van der Waals surface area (Å²) in [7, 11) is 0. The van der Waals surface area contributed by atoms with E-state index in [2.05, 4.69) is 29.8 Å². The standard InChI is InChI=1S/C15H21BrClNO/c1-4-12(5-2)18(9-8-17)15(19)13-7-6-11(3)10-14(13)16/h6-7,10,12H,4-5,8-9H2,1-3H3. The summed E-state index contributed by atoms with van der Waals surface area (Å²) < 4.78 is 0.850. The SMILES string of the molecule is CCC(CC)N(CCCl)C(=O)c1ccc(C)cc1Br. The van der Waals surface area contributed by atoms with Crippen molar-refractivity contribution in [3.63, 3.8) is 0 Å². The molecule has 106 valence electrons. The van der Waals surface area contributed by atoms with Crippen molar-refractivity contribution < 1.29 is 4.79 Å². The molecule has 0 saturated heterocycles. The number of rotatable bonds is 6. The van der Waals surface area contributed by atoms with Crippen LogP contribution in [-0.2, 0) is 0 Å². The highest BCUT2D eigenvalue weighted by Crippen LogP contribution is 2.22. The molecule has 0 radical (unpaired) electrons. The summed E-state index contributed by atoms with van der Waals surface area (Å²) in [5.41, 5.74) is 1.84. The molecule has 0 atom stereocenters. The van der Waals surface area contributed by atoms with Crippen molar-refractivity contribution in [3.8, 4) is 0 Å². The Bertz CT molecular complexity index is 432. The van der Waals surface area contributed by atoms with Gasteiger partial charge >= 0.3 is 0 Å². The number of amides is 1. The molecule has 4 heteroatoms. The topological polar surface area (TPSA) is 20.3 Å². The second-order valence-electron chi connectivity index (χ2n) is 4.64. The third-order valence-corrected chi connectivity index (χ3v) is 4.15. The van der Waals surface area contributed by atoms with Gasteiger partial charge in [0.05, 0.1) is 5.56 Å². The molecule has 19 heavy (non-hydrogen) atoms. The molecule has 0 heterocycles. The van der Waals surface area contributed by atoms with E-state index >= 15 is 0 Å². The molecule has 1 aromatic carbocycles. The van der Waals surface area contributed by atoms with E-state index in [4.69, 9.17) is 11.6 Å². The maximum absolute atomic E-state index is 12.7. The number of aryl methyl sites for hydroxylation is 1. The maximum atomic E-state index is 12.7. The minimum absolute atomic E-state index is 0.0567. The Morgan fingerprint density at radius 2 is 2.00 bits per heavy atom. The van der Waals surface area contributed by atoms with Crippen LogP contribution in [0.3, 0.4) is 0 Å². The summed E-state index contributed by atoms with van der Waals surface area (Å²) in [4.78, 5) is 14.6.